The van der Waals surface area contributed by atoms with Crippen LogP contribution in [0.4, 0.5) is 13.2 Å². The molecule has 0 saturated carbocycles. The summed E-state index contributed by atoms with van der Waals surface area (Å²) in [6.07, 6.45) is -4.86. The zero-order chi connectivity index (χ0) is 13.2. The molecule has 3 nitrogen and oxygen atoms in total. The molecule has 8 heteroatoms. The zero-order valence-electron chi connectivity index (χ0n) is 8.27. The van der Waals surface area contributed by atoms with Crippen LogP contribution in [0.2, 0.25) is 5.02 Å². The van der Waals surface area contributed by atoms with Gasteiger partial charge in [-0.15, -0.1) is 13.2 Å². The number of carbonyl (C=O) groups is 1. The molecule has 0 fully saturated rings. The number of halogens is 5. The number of methoxy groups -OCH3 is 1. The Morgan fingerprint density at radius 3 is 2.47 bits per heavy atom. The molecule has 0 aliphatic carbocycles. The number of hydrogen-bond acceptors (Lipinski definition) is 3. The van der Waals surface area contributed by atoms with E-state index < -0.39 is 18.1 Å². The number of esters is 1. The molecule has 0 saturated heterocycles. The van der Waals surface area contributed by atoms with E-state index >= 15 is 0 Å². The van der Waals surface area contributed by atoms with Crippen molar-refractivity contribution in [3.8, 4) is 5.75 Å². The summed E-state index contributed by atoms with van der Waals surface area (Å²) in [7, 11) is 1.09. The highest BCUT2D eigenvalue weighted by atomic mass is 79.9. The highest BCUT2D eigenvalue weighted by Gasteiger charge is 2.32. The highest BCUT2D eigenvalue weighted by molar-refractivity contribution is 9.10. The van der Waals surface area contributed by atoms with Gasteiger partial charge >= 0.3 is 12.3 Å². The maximum Gasteiger partial charge on any atom is 0.573 e. The van der Waals surface area contributed by atoms with Crippen LogP contribution in [0, 0.1) is 0 Å². The standard InChI is InChI=1S/C9H5BrClF3O3/c1-16-8(15)4-2-7(17-9(12,13)14)5(10)3-6(4)11/h2-3H,1H3. The van der Waals surface area contributed by atoms with Crippen LogP contribution in [-0.4, -0.2) is 19.4 Å². The fraction of sp³-hybridized carbons (Fsp3) is 0.222. The Kier molecular flexibility index (Phi) is 4.26. The summed E-state index contributed by atoms with van der Waals surface area (Å²) in [5.41, 5.74) is -0.211. The summed E-state index contributed by atoms with van der Waals surface area (Å²) in [5, 5.41) is -0.0433. The van der Waals surface area contributed by atoms with Gasteiger partial charge in [0.2, 0.25) is 0 Å². The summed E-state index contributed by atoms with van der Waals surface area (Å²) >= 11 is 8.52. The highest BCUT2D eigenvalue weighted by Crippen LogP contribution is 2.35. The van der Waals surface area contributed by atoms with Gasteiger partial charge in [-0.05, 0) is 28.1 Å². The summed E-state index contributed by atoms with van der Waals surface area (Å²) in [6.45, 7) is 0. The van der Waals surface area contributed by atoms with Crippen molar-refractivity contribution in [3.05, 3.63) is 27.2 Å². The van der Waals surface area contributed by atoms with E-state index in [2.05, 4.69) is 25.4 Å². The Morgan fingerprint density at radius 2 is 2.00 bits per heavy atom. The minimum atomic E-state index is -4.86. The lowest BCUT2D eigenvalue weighted by Crippen LogP contribution is -2.18. The Hall–Kier alpha value is -0.950. The molecule has 1 aromatic carbocycles. The molecule has 0 aliphatic heterocycles. The maximum atomic E-state index is 12.0. The molecular formula is C9H5BrClF3O3. The van der Waals surface area contributed by atoms with Crippen molar-refractivity contribution in [1.29, 1.82) is 0 Å². The third-order valence-electron chi connectivity index (χ3n) is 1.65. The lowest BCUT2D eigenvalue weighted by Gasteiger charge is -2.12. The van der Waals surface area contributed by atoms with Crippen LogP contribution in [0.5, 0.6) is 5.75 Å². The second-order valence-corrected chi connectivity index (χ2v) is 4.06. The van der Waals surface area contributed by atoms with Crippen LogP contribution < -0.4 is 4.74 Å². The van der Waals surface area contributed by atoms with Gasteiger partial charge < -0.3 is 9.47 Å². The maximum absolute atomic E-state index is 12.0. The molecule has 0 N–H and O–H groups in total. The fourth-order valence-corrected chi connectivity index (χ4v) is 1.80. The van der Waals surface area contributed by atoms with Crippen LogP contribution in [0.15, 0.2) is 16.6 Å². The molecule has 17 heavy (non-hydrogen) atoms. The van der Waals surface area contributed by atoms with Gasteiger partial charge in [0, 0.05) is 0 Å². The van der Waals surface area contributed by atoms with Gasteiger partial charge in [-0.2, -0.15) is 0 Å². The minimum Gasteiger partial charge on any atom is -0.465 e. The zero-order valence-corrected chi connectivity index (χ0v) is 10.6. The minimum absolute atomic E-state index is 0.0209. The third-order valence-corrected chi connectivity index (χ3v) is 2.58. The normalized spacial score (nSPS) is 11.2. The molecule has 0 aliphatic rings. The second-order valence-electron chi connectivity index (χ2n) is 2.80. The van der Waals surface area contributed by atoms with E-state index in [0.29, 0.717) is 0 Å². The van der Waals surface area contributed by atoms with Gasteiger partial charge in [0.25, 0.3) is 0 Å². The van der Waals surface area contributed by atoms with Gasteiger partial charge in [-0.3, -0.25) is 0 Å². The van der Waals surface area contributed by atoms with Crippen molar-refractivity contribution in [1.82, 2.24) is 0 Å². The topological polar surface area (TPSA) is 35.5 Å². The van der Waals surface area contributed by atoms with E-state index in [1.807, 2.05) is 0 Å². The number of carbonyl (C=O) groups excluding carboxylic acids is 1. The summed E-state index contributed by atoms with van der Waals surface area (Å²) in [4.78, 5) is 11.2. The van der Waals surface area contributed by atoms with Crippen molar-refractivity contribution < 1.29 is 27.4 Å². The number of ether oxygens (including phenoxy) is 2. The second kappa shape index (κ2) is 5.14. The average molecular weight is 333 g/mol. The number of rotatable bonds is 2. The quantitative estimate of drug-likeness (QED) is 0.773. The Morgan fingerprint density at radius 1 is 1.41 bits per heavy atom. The molecule has 0 heterocycles. The molecular weight excluding hydrogens is 328 g/mol. The van der Waals surface area contributed by atoms with Crippen LogP contribution in [0.1, 0.15) is 10.4 Å². The third kappa shape index (κ3) is 3.78. The molecule has 0 unspecified atom stereocenters. The van der Waals surface area contributed by atoms with Gasteiger partial charge in [0.05, 0.1) is 22.2 Å². The summed E-state index contributed by atoms with van der Waals surface area (Å²) in [5.74, 6) is -1.42. The first-order valence-electron chi connectivity index (χ1n) is 4.07. The Labute approximate surface area is 108 Å². The SMILES string of the molecule is COC(=O)c1cc(OC(F)(F)F)c(Br)cc1Cl. The van der Waals surface area contributed by atoms with Crippen LogP contribution in [0.3, 0.4) is 0 Å². The molecule has 0 radical (unpaired) electrons. The van der Waals surface area contributed by atoms with Gasteiger partial charge in [0.1, 0.15) is 5.75 Å². The molecule has 0 spiro atoms. The Balaban J connectivity index is 3.19. The van der Waals surface area contributed by atoms with Crippen LogP contribution in [0.25, 0.3) is 0 Å². The van der Waals surface area contributed by atoms with Crippen LogP contribution in [-0.2, 0) is 4.74 Å². The van der Waals surface area contributed by atoms with Gasteiger partial charge in [0.15, 0.2) is 0 Å². The van der Waals surface area contributed by atoms with E-state index in [1.165, 1.54) is 0 Å². The number of alkyl halides is 3. The number of hydrogen-bond donors (Lipinski definition) is 0. The lowest BCUT2D eigenvalue weighted by atomic mass is 10.2. The van der Waals surface area contributed by atoms with Crippen molar-refractivity contribution in [2.45, 2.75) is 6.36 Å². The number of benzene rings is 1. The van der Waals surface area contributed by atoms with E-state index in [4.69, 9.17) is 11.6 Å². The molecule has 1 rings (SSSR count). The van der Waals surface area contributed by atoms with E-state index in [-0.39, 0.29) is 15.1 Å². The predicted octanol–water partition coefficient (Wildman–Crippen LogP) is 3.79. The molecule has 0 atom stereocenters. The van der Waals surface area contributed by atoms with E-state index in [1.54, 1.807) is 0 Å². The van der Waals surface area contributed by atoms with Crippen LogP contribution >= 0.6 is 27.5 Å². The van der Waals surface area contributed by atoms with Crippen molar-refractivity contribution in [2.24, 2.45) is 0 Å². The first-order valence-corrected chi connectivity index (χ1v) is 5.25. The van der Waals surface area contributed by atoms with Crippen molar-refractivity contribution in [2.75, 3.05) is 7.11 Å². The molecule has 0 amide bonds. The largest absolute Gasteiger partial charge is 0.573 e. The first kappa shape index (κ1) is 14.1. The monoisotopic (exact) mass is 332 g/mol. The molecule has 94 valence electrons. The van der Waals surface area contributed by atoms with Crippen molar-refractivity contribution in [3.63, 3.8) is 0 Å². The van der Waals surface area contributed by atoms with E-state index in [0.717, 1.165) is 19.2 Å². The molecule has 1 aromatic rings. The summed E-state index contributed by atoms with van der Waals surface area (Å²) in [6, 6.07) is 1.97. The van der Waals surface area contributed by atoms with Gasteiger partial charge in [-0.25, -0.2) is 4.79 Å². The molecule has 0 bridgehead atoms. The smallest absolute Gasteiger partial charge is 0.465 e. The summed E-state index contributed by atoms with van der Waals surface area (Å²) < 4.78 is 44.2. The lowest BCUT2D eigenvalue weighted by molar-refractivity contribution is -0.274. The van der Waals surface area contributed by atoms with Crippen molar-refractivity contribution >= 4 is 33.5 Å². The average Bonchev–Trinajstić information content (AvgIpc) is 2.19. The fourth-order valence-electron chi connectivity index (χ4n) is 0.998. The van der Waals surface area contributed by atoms with Gasteiger partial charge in [-0.1, -0.05) is 11.6 Å². The Bertz CT molecular complexity index is 448. The predicted molar refractivity (Wildman–Crippen MR) is 57.2 cm³/mol. The first-order chi connectivity index (χ1) is 7.74. The van der Waals surface area contributed by atoms with E-state index in [9.17, 15) is 18.0 Å². The molecule has 0 aromatic heterocycles.